The Hall–Kier alpha value is -1.71. The molecule has 21 heavy (non-hydrogen) atoms. The third-order valence-corrected chi connectivity index (χ3v) is 3.59. The molecule has 0 aliphatic rings. The zero-order valence-corrected chi connectivity index (χ0v) is 13.0. The summed E-state index contributed by atoms with van der Waals surface area (Å²) in [4.78, 5) is 0. The molecule has 0 saturated carbocycles. The van der Waals surface area contributed by atoms with Gasteiger partial charge in [-0.1, -0.05) is 29.3 Å². The van der Waals surface area contributed by atoms with E-state index in [4.69, 9.17) is 16.3 Å². The first-order chi connectivity index (χ1) is 10.0. The van der Waals surface area contributed by atoms with E-state index in [0.29, 0.717) is 17.3 Å². The topological polar surface area (TPSA) is 41.5 Å². The molecule has 2 rings (SSSR count). The molecule has 0 aliphatic carbocycles. The van der Waals surface area contributed by atoms with Crippen molar-refractivity contribution in [2.75, 3.05) is 18.5 Å². The summed E-state index contributed by atoms with van der Waals surface area (Å²) in [7, 11) is 0. The number of rotatable bonds is 6. The first-order valence-electron chi connectivity index (χ1n) is 6.92. The lowest BCUT2D eigenvalue weighted by Gasteiger charge is -2.14. The first-order valence-corrected chi connectivity index (χ1v) is 7.30. The van der Waals surface area contributed by atoms with Crippen LogP contribution in [0.15, 0.2) is 42.5 Å². The number of ether oxygens (including phenoxy) is 1. The SMILES string of the molecule is Cc1ccc(NCC(O)COc2ccc(Cl)c(C)c2)cc1. The van der Waals surface area contributed by atoms with Gasteiger partial charge in [-0.05, 0) is 49.7 Å². The highest BCUT2D eigenvalue weighted by Crippen LogP contribution is 2.21. The standard InChI is InChI=1S/C17H20ClNO2/c1-12-3-5-14(6-4-12)19-10-15(20)11-21-16-7-8-17(18)13(2)9-16/h3-9,15,19-20H,10-11H2,1-2H3. The van der Waals surface area contributed by atoms with Gasteiger partial charge < -0.3 is 15.2 Å². The molecule has 0 amide bonds. The maximum atomic E-state index is 9.94. The number of anilines is 1. The highest BCUT2D eigenvalue weighted by molar-refractivity contribution is 6.31. The molecule has 0 heterocycles. The number of hydrogen-bond donors (Lipinski definition) is 2. The van der Waals surface area contributed by atoms with Gasteiger partial charge in [0.05, 0.1) is 0 Å². The van der Waals surface area contributed by atoms with E-state index in [2.05, 4.69) is 5.32 Å². The molecule has 2 aromatic rings. The summed E-state index contributed by atoms with van der Waals surface area (Å²) in [5, 5.41) is 13.8. The van der Waals surface area contributed by atoms with Gasteiger partial charge >= 0.3 is 0 Å². The Morgan fingerprint density at radius 1 is 1.14 bits per heavy atom. The molecule has 0 spiro atoms. The third kappa shape index (κ3) is 4.96. The summed E-state index contributed by atoms with van der Waals surface area (Å²) in [5.41, 5.74) is 3.16. The first kappa shape index (κ1) is 15.7. The van der Waals surface area contributed by atoms with Crippen molar-refractivity contribution in [2.24, 2.45) is 0 Å². The summed E-state index contributed by atoms with van der Waals surface area (Å²) in [5.74, 6) is 0.714. The molecule has 0 fully saturated rings. The highest BCUT2D eigenvalue weighted by atomic mass is 35.5. The second kappa shape index (κ2) is 7.34. The molecule has 112 valence electrons. The van der Waals surface area contributed by atoms with Gasteiger partial charge in [-0.15, -0.1) is 0 Å². The van der Waals surface area contributed by atoms with Crippen LogP contribution in [0, 0.1) is 13.8 Å². The number of aryl methyl sites for hydroxylation is 2. The van der Waals surface area contributed by atoms with E-state index in [9.17, 15) is 5.11 Å². The van der Waals surface area contributed by atoms with Gasteiger partial charge in [0, 0.05) is 17.3 Å². The number of nitrogens with one attached hydrogen (secondary N) is 1. The van der Waals surface area contributed by atoms with Crippen molar-refractivity contribution < 1.29 is 9.84 Å². The highest BCUT2D eigenvalue weighted by Gasteiger charge is 2.06. The van der Waals surface area contributed by atoms with Crippen molar-refractivity contribution in [3.63, 3.8) is 0 Å². The second-order valence-electron chi connectivity index (χ2n) is 5.12. The van der Waals surface area contributed by atoms with E-state index < -0.39 is 6.10 Å². The molecule has 0 bridgehead atoms. The van der Waals surface area contributed by atoms with Gasteiger partial charge in [-0.25, -0.2) is 0 Å². The molecule has 4 heteroatoms. The number of aliphatic hydroxyl groups excluding tert-OH is 1. The molecule has 0 saturated heterocycles. The average molecular weight is 306 g/mol. The lowest BCUT2D eigenvalue weighted by Crippen LogP contribution is -2.26. The van der Waals surface area contributed by atoms with E-state index in [1.165, 1.54) is 5.56 Å². The number of hydrogen-bond acceptors (Lipinski definition) is 3. The summed E-state index contributed by atoms with van der Waals surface area (Å²) < 4.78 is 5.56. The fourth-order valence-electron chi connectivity index (χ4n) is 1.87. The molecule has 2 aromatic carbocycles. The summed E-state index contributed by atoms with van der Waals surface area (Å²) >= 11 is 5.96. The number of benzene rings is 2. The van der Waals surface area contributed by atoms with Crippen LogP contribution in [0.5, 0.6) is 5.75 Å². The van der Waals surface area contributed by atoms with E-state index in [0.717, 1.165) is 11.3 Å². The predicted molar refractivity (Wildman–Crippen MR) is 87.4 cm³/mol. The van der Waals surface area contributed by atoms with E-state index in [-0.39, 0.29) is 6.61 Å². The van der Waals surface area contributed by atoms with Crippen LogP contribution < -0.4 is 10.1 Å². The average Bonchev–Trinajstić information content (AvgIpc) is 2.48. The van der Waals surface area contributed by atoms with Gasteiger partial charge in [0.1, 0.15) is 18.5 Å². The Balaban J connectivity index is 1.77. The van der Waals surface area contributed by atoms with Crippen LogP contribution in [0.2, 0.25) is 5.02 Å². The zero-order valence-electron chi connectivity index (χ0n) is 12.3. The fraction of sp³-hybridized carbons (Fsp3) is 0.294. The van der Waals surface area contributed by atoms with Crippen LogP contribution in [0.4, 0.5) is 5.69 Å². The quantitative estimate of drug-likeness (QED) is 0.853. The molecular weight excluding hydrogens is 286 g/mol. The molecule has 1 unspecified atom stereocenters. The zero-order chi connectivity index (χ0) is 15.2. The van der Waals surface area contributed by atoms with E-state index in [1.54, 1.807) is 12.1 Å². The largest absolute Gasteiger partial charge is 0.491 e. The minimum absolute atomic E-state index is 0.236. The third-order valence-electron chi connectivity index (χ3n) is 3.17. The number of halogens is 1. The molecule has 1 atom stereocenters. The normalized spacial score (nSPS) is 12.0. The van der Waals surface area contributed by atoms with Gasteiger partial charge in [0.15, 0.2) is 0 Å². The van der Waals surface area contributed by atoms with Crippen LogP contribution in [0.1, 0.15) is 11.1 Å². The smallest absolute Gasteiger partial charge is 0.119 e. The van der Waals surface area contributed by atoms with Crippen LogP contribution >= 0.6 is 11.6 Å². The monoisotopic (exact) mass is 305 g/mol. The van der Waals surface area contributed by atoms with Gasteiger partial charge in [-0.2, -0.15) is 0 Å². The van der Waals surface area contributed by atoms with Gasteiger partial charge in [0.25, 0.3) is 0 Å². The Bertz CT molecular complexity index is 584. The maximum Gasteiger partial charge on any atom is 0.119 e. The molecular formula is C17H20ClNO2. The predicted octanol–water partition coefficient (Wildman–Crippen LogP) is 3.81. The van der Waals surface area contributed by atoms with Crippen molar-refractivity contribution >= 4 is 17.3 Å². The van der Waals surface area contributed by atoms with E-state index >= 15 is 0 Å². The van der Waals surface area contributed by atoms with Crippen molar-refractivity contribution in [3.8, 4) is 5.75 Å². The van der Waals surface area contributed by atoms with Gasteiger partial charge in [-0.3, -0.25) is 0 Å². The molecule has 0 aliphatic heterocycles. The van der Waals surface area contributed by atoms with Crippen molar-refractivity contribution in [1.29, 1.82) is 0 Å². The van der Waals surface area contributed by atoms with Gasteiger partial charge in [0.2, 0.25) is 0 Å². The minimum Gasteiger partial charge on any atom is -0.491 e. The summed E-state index contributed by atoms with van der Waals surface area (Å²) in [6.45, 7) is 4.64. The van der Waals surface area contributed by atoms with Crippen molar-refractivity contribution in [1.82, 2.24) is 0 Å². The lowest BCUT2D eigenvalue weighted by atomic mass is 10.2. The number of aliphatic hydroxyl groups is 1. The fourth-order valence-corrected chi connectivity index (χ4v) is 1.98. The van der Waals surface area contributed by atoms with E-state index in [1.807, 2.05) is 44.2 Å². The Morgan fingerprint density at radius 3 is 2.52 bits per heavy atom. The van der Waals surface area contributed by atoms with Crippen molar-refractivity contribution in [2.45, 2.75) is 20.0 Å². The molecule has 0 radical (unpaired) electrons. The maximum absolute atomic E-state index is 9.94. The summed E-state index contributed by atoms with van der Waals surface area (Å²) in [6, 6.07) is 13.5. The van der Waals surface area contributed by atoms with Crippen LogP contribution in [0.25, 0.3) is 0 Å². The Morgan fingerprint density at radius 2 is 1.86 bits per heavy atom. The molecule has 0 aromatic heterocycles. The Kier molecular flexibility index (Phi) is 5.48. The summed E-state index contributed by atoms with van der Waals surface area (Å²) in [6.07, 6.45) is -0.581. The molecule has 3 nitrogen and oxygen atoms in total. The van der Waals surface area contributed by atoms with Crippen LogP contribution in [-0.4, -0.2) is 24.4 Å². The molecule has 2 N–H and O–H groups in total. The van der Waals surface area contributed by atoms with Crippen LogP contribution in [0.3, 0.4) is 0 Å². The minimum atomic E-state index is -0.581. The second-order valence-corrected chi connectivity index (χ2v) is 5.53. The Labute approximate surface area is 130 Å². The lowest BCUT2D eigenvalue weighted by molar-refractivity contribution is 0.117. The van der Waals surface area contributed by atoms with Crippen LogP contribution in [-0.2, 0) is 0 Å². The van der Waals surface area contributed by atoms with Crippen molar-refractivity contribution in [3.05, 3.63) is 58.6 Å².